The van der Waals surface area contributed by atoms with Gasteiger partial charge in [-0.1, -0.05) is 32.1 Å². The summed E-state index contributed by atoms with van der Waals surface area (Å²) in [6.45, 7) is 5.96. The number of nitrogens with zero attached hydrogens (tertiary/aromatic N) is 4. The number of amides is 1. The molecule has 0 saturated carbocycles. The monoisotopic (exact) mass is 252 g/mol. The minimum atomic E-state index is -0.395. The molecule has 2 N–H and O–H groups in total. The molecule has 2 aromatic rings. The quantitative estimate of drug-likeness (QED) is 0.837. The van der Waals surface area contributed by atoms with Crippen molar-refractivity contribution in [2.45, 2.75) is 26.2 Å². The highest BCUT2D eigenvalue weighted by molar-refractivity contribution is 7.13. The lowest BCUT2D eigenvalue weighted by molar-refractivity contribution is 0.101. The van der Waals surface area contributed by atoms with Gasteiger partial charge in [-0.15, -0.1) is 15.3 Å². The minimum absolute atomic E-state index is 0.102. The Hall–Kier alpha value is -1.83. The molecule has 90 valence electrons. The van der Waals surface area contributed by atoms with Gasteiger partial charge in [0.25, 0.3) is 5.91 Å². The van der Waals surface area contributed by atoms with Crippen LogP contribution in [0.1, 0.15) is 37.2 Å². The van der Waals surface area contributed by atoms with E-state index in [0.717, 1.165) is 0 Å². The molecule has 0 atom stereocenters. The van der Waals surface area contributed by atoms with Crippen LogP contribution in [0, 0.1) is 0 Å². The summed E-state index contributed by atoms with van der Waals surface area (Å²) in [4.78, 5) is 15.9. The van der Waals surface area contributed by atoms with Gasteiger partial charge in [0.15, 0.2) is 0 Å². The second-order valence-corrected chi connectivity index (χ2v) is 5.29. The van der Waals surface area contributed by atoms with Crippen LogP contribution in [0.25, 0.3) is 0 Å². The first-order valence-corrected chi connectivity index (χ1v) is 5.85. The Balaban J connectivity index is 2.13. The van der Waals surface area contributed by atoms with Crippen molar-refractivity contribution in [3.63, 3.8) is 0 Å². The standard InChI is InChI=1S/C9H12N6OS/c1-9(2,3)7-11-5(13-14-7)6(16)12-8-15-10-4-17-8/h4H,1-3H3,(H,11,13,14)(H,12,15,16). The first-order valence-electron chi connectivity index (χ1n) is 4.97. The average molecular weight is 252 g/mol. The van der Waals surface area contributed by atoms with Gasteiger partial charge in [0.05, 0.1) is 0 Å². The summed E-state index contributed by atoms with van der Waals surface area (Å²) < 4.78 is 0. The molecule has 2 rings (SSSR count). The highest BCUT2D eigenvalue weighted by Gasteiger charge is 2.21. The van der Waals surface area contributed by atoms with Crippen LogP contribution in [0.3, 0.4) is 0 Å². The van der Waals surface area contributed by atoms with E-state index in [9.17, 15) is 4.79 Å². The van der Waals surface area contributed by atoms with E-state index in [0.29, 0.717) is 11.0 Å². The Morgan fingerprint density at radius 1 is 1.47 bits per heavy atom. The molecule has 0 unspecified atom stereocenters. The Morgan fingerprint density at radius 3 is 2.76 bits per heavy atom. The maximum Gasteiger partial charge on any atom is 0.297 e. The predicted molar refractivity (Wildman–Crippen MR) is 62.9 cm³/mol. The summed E-state index contributed by atoms with van der Waals surface area (Å²) in [5, 5.41) is 16.9. The Bertz CT molecular complexity index is 512. The number of rotatable bonds is 2. The fourth-order valence-electron chi connectivity index (χ4n) is 1.08. The minimum Gasteiger partial charge on any atom is -0.294 e. The van der Waals surface area contributed by atoms with Crippen molar-refractivity contribution in [1.29, 1.82) is 0 Å². The lowest BCUT2D eigenvalue weighted by Crippen LogP contribution is -2.16. The topological polar surface area (TPSA) is 96.5 Å². The van der Waals surface area contributed by atoms with Gasteiger partial charge in [0.2, 0.25) is 11.0 Å². The van der Waals surface area contributed by atoms with Gasteiger partial charge >= 0.3 is 0 Å². The van der Waals surface area contributed by atoms with Crippen LogP contribution in [0.5, 0.6) is 0 Å². The number of hydrogen-bond acceptors (Lipinski definition) is 6. The largest absolute Gasteiger partial charge is 0.297 e. The fourth-order valence-corrected chi connectivity index (χ4v) is 1.52. The van der Waals surface area contributed by atoms with Crippen molar-refractivity contribution in [3.05, 3.63) is 17.2 Å². The van der Waals surface area contributed by atoms with Crippen LogP contribution >= 0.6 is 11.3 Å². The van der Waals surface area contributed by atoms with Gasteiger partial charge in [0, 0.05) is 5.41 Å². The Morgan fingerprint density at radius 2 is 2.24 bits per heavy atom. The Kier molecular flexibility index (Phi) is 2.88. The average Bonchev–Trinajstić information content (AvgIpc) is 2.85. The third-order valence-electron chi connectivity index (χ3n) is 1.98. The zero-order chi connectivity index (χ0) is 12.5. The van der Waals surface area contributed by atoms with Gasteiger partial charge in [0.1, 0.15) is 11.3 Å². The molecule has 17 heavy (non-hydrogen) atoms. The molecule has 0 aliphatic rings. The lowest BCUT2D eigenvalue weighted by Gasteiger charge is -2.12. The van der Waals surface area contributed by atoms with Crippen LogP contribution in [0.2, 0.25) is 0 Å². The van der Waals surface area contributed by atoms with Crippen LogP contribution in [0.15, 0.2) is 5.51 Å². The molecule has 7 nitrogen and oxygen atoms in total. The van der Waals surface area contributed by atoms with Crippen molar-refractivity contribution in [1.82, 2.24) is 25.4 Å². The predicted octanol–water partition coefficient (Wildman–Crippen LogP) is 1.21. The molecule has 0 aliphatic heterocycles. The van der Waals surface area contributed by atoms with E-state index in [1.54, 1.807) is 0 Å². The van der Waals surface area contributed by atoms with Gasteiger partial charge < -0.3 is 0 Å². The number of aromatic nitrogens is 5. The number of hydrogen-bond donors (Lipinski definition) is 2. The SMILES string of the molecule is CC(C)(C)c1nc(C(=O)Nc2nncs2)n[nH]1. The van der Waals surface area contributed by atoms with Crippen molar-refractivity contribution in [2.75, 3.05) is 5.32 Å². The maximum atomic E-state index is 11.7. The van der Waals surface area contributed by atoms with E-state index in [-0.39, 0.29) is 11.2 Å². The third-order valence-corrected chi connectivity index (χ3v) is 2.59. The molecule has 1 amide bonds. The molecule has 0 spiro atoms. The number of carbonyl (C=O) groups is 1. The molecule has 2 aromatic heterocycles. The second kappa shape index (κ2) is 4.21. The summed E-state index contributed by atoms with van der Waals surface area (Å²) in [5.74, 6) is 0.374. The lowest BCUT2D eigenvalue weighted by atomic mass is 9.96. The van der Waals surface area contributed by atoms with Crippen molar-refractivity contribution < 1.29 is 4.79 Å². The zero-order valence-electron chi connectivity index (χ0n) is 9.68. The first kappa shape index (κ1) is 11.6. The molecule has 0 aliphatic carbocycles. The summed E-state index contributed by atoms with van der Waals surface area (Å²) >= 11 is 1.24. The van der Waals surface area contributed by atoms with Gasteiger partial charge in [-0.3, -0.25) is 15.2 Å². The van der Waals surface area contributed by atoms with E-state index in [4.69, 9.17) is 0 Å². The van der Waals surface area contributed by atoms with Gasteiger partial charge in [-0.2, -0.15) is 0 Å². The number of anilines is 1. The summed E-state index contributed by atoms with van der Waals surface area (Å²) in [6.07, 6.45) is 0. The summed E-state index contributed by atoms with van der Waals surface area (Å²) in [7, 11) is 0. The van der Waals surface area contributed by atoms with E-state index in [2.05, 4.69) is 30.7 Å². The van der Waals surface area contributed by atoms with Gasteiger partial charge in [-0.25, -0.2) is 4.98 Å². The summed E-state index contributed by atoms with van der Waals surface area (Å²) in [6, 6.07) is 0. The highest BCUT2D eigenvalue weighted by Crippen LogP contribution is 2.17. The van der Waals surface area contributed by atoms with Crippen molar-refractivity contribution in [3.8, 4) is 0 Å². The van der Waals surface area contributed by atoms with Crippen molar-refractivity contribution in [2.24, 2.45) is 0 Å². The molecule has 2 heterocycles. The second-order valence-electron chi connectivity index (χ2n) is 4.46. The number of aromatic amines is 1. The summed E-state index contributed by atoms with van der Waals surface area (Å²) in [5.41, 5.74) is 1.36. The molecule has 8 heteroatoms. The Labute approximate surface area is 102 Å². The van der Waals surface area contributed by atoms with E-state index in [1.807, 2.05) is 20.8 Å². The van der Waals surface area contributed by atoms with Crippen LogP contribution in [0.4, 0.5) is 5.13 Å². The molecule has 0 fully saturated rings. The van der Waals surface area contributed by atoms with Gasteiger partial charge in [-0.05, 0) is 0 Å². The van der Waals surface area contributed by atoms with Crippen molar-refractivity contribution >= 4 is 22.4 Å². The smallest absolute Gasteiger partial charge is 0.294 e. The molecular weight excluding hydrogens is 240 g/mol. The first-order chi connectivity index (χ1) is 7.97. The van der Waals surface area contributed by atoms with Crippen LogP contribution < -0.4 is 5.32 Å². The maximum absolute atomic E-state index is 11.7. The molecule has 0 saturated heterocycles. The van der Waals surface area contributed by atoms with Crippen LogP contribution in [-0.4, -0.2) is 31.3 Å². The van der Waals surface area contributed by atoms with Crippen LogP contribution in [-0.2, 0) is 5.41 Å². The molecule has 0 radical (unpaired) electrons. The fraction of sp³-hybridized carbons (Fsp3) is 0.444. The van der Waals surface area contributed by atoms with E-state index < -0.39 is 5.91 Å². The molecular formula is C9H12N6OS. The molecule has 0 bridgehead atoms. The number of H-pyrrole nitrogens is 1. The normalized spacial score (nSPS) is 11.5. The zero-order valence-corrected chi connectivity index (χ0v) is 10.5. The number of nitrogens with one attached hydrogen (secondary N) is 2. The molecule has 0 aromatic carbocycles. The van der Waals surface area contributed by atoms with E-state index >= 15 is 0 Å². The van der Waals surface area contributed by atoms with E-state index in [1.165, 1.54) is 16.8 Å². The third kappa shape index (κ3) is 2.64. The highest BCUT2D eigenvalue weighted by atomic mass is 32.1. The number of carbonyl (C=O) groups excluding carboxylic acids is 1.